The number of nitrogens with one attached hydrogen (secondary N) is 1. The molecule has 162 valence electrons. The number of amides is 1. The maximum atomic E-state index is 12.7. The van der Waals surface area contributed by atoms with E-state index in [0.717, 1.165) is 17.7 Å². The van der Waals surface area contributed by atoms with E-state index in [1.807, 2.05) is 13.8 Å². The second kappa shape index (κ2) is 9.75. The largest absolute Gasteiger partial charge is 0.478 e. The van der Waals surface area contributed by atoms with Gasteiger partial charge in [-0.15, -0.1) is 0 Å². The normalized spacial score (nSPS) is 13.7. The lowest BCUT2D eigenvalue weighted by atomic mass is 10.0. The molecule has 0 fully saturated rings. The molecule has 0 aliphatic carbocycles. The van der Waals surface area contributed by atoms with Crippen LogP contribution in [-0.2, 0) is 22.3 Å². The van der Waals surface area contributed by atoms with Gasteiger partial charge in [-0.1, -0.05) is 38.1 Å². The molecule has 0 unspecified atom stereocenters. The van der Waals surface area contributed by atoms with Crippen LogP contribution in [0, 0.1) is 5.92 Å². The maximum absolute atomic E-state index is 12.7. The second-order valence-electron chi connectivity index (χ2n) is 7.33. The highest BCUT2D eigenvalue weighted by atomic mass is 19.4. The number of benzene rings is 2. The number of alkyl halides is 3. The number of carbonyl (C=O) groups excluding carboxylic acids is 1. The molecule has 2 rings (SSSR count). The molecule has 2 N–H and O–H groups in total. The van der Waals surface area contributed by atoms with Crippen molar-refractivity contribution in [1.29, 1.82) is 0 Å². The topological polar surface area (TPSA) is 75.6 Å². The van der Waals surface area contributed by atoms with Crippen molar-refractivity contribution in [2.75, 3.05) is 0 Å². The minimum Gasteiger partial charge on any atom is -0.478 e. The van der Waals surface area contributed by atoms with E-state index in [1.54, 1.807) is 19.1 Å². The summed E-state index contributed by atoms with van der Waals surface area (Å²) in [5.74, 6) is -1.55. The van der Waals surface area contributed by atoms with Crippen molar-refractivity contribution in [3.8, 4) is 0 Å². The van der Waals surface area contributed by atoms with E-state index in [2.05, 4.69) is 5.32 Å². The molecule has 1 amide bonds. The van der Waals surface area contributed by atoms with Crippen molar-refractivity contribution >= 4 is 11.9 Å². The number of halogens is 3. The molecule has 0 radical (unpaired) electrons. The van der Waals surface area contributed by atoms with Crippen LogP contribution in [0.1, 0.15) is 53.9 Å². The molecule has 5 nitrogen and oxygen atoms in total. The van der Waals surface area contributed by atoms with Crippen LogP contribution < -0.4 is 5.32 Å². The molecule has 0 bridgehead atoms. The predicted octanol–water partition coefficient (Wildman–Crippen LogP) is 4.82. The minimum atomic E-state index is -4.40. The summed E-state index contributed by atoms with van der Waals surface area (Å²) in [5.41, 5.74) is 0.668. The van der Waals surface area contributed by atoms with E-state index in [0.29, 0.717) is 5.56 Å². The molecule has 30 heavy (non-hydrogen) atoms. The molecular weight excluding hydrogens is 399 g/mol. The Labute approximate surface area is 172 Å². The lowest BCUT2D eigenvalue weighted by Gasteiger charge is -2.24. The smallest absolute Gasteiger partial charge is 0.416 e. The second-order valence-corrected chi connectivity index (χ2v) is 7.33. The van der Waals surface area contributed by atoms with E-state index in [9.17, 15) is 22.8 Å². The Morgan fingerprint density at radius 2 is 1.57 bits per heavy atom. The van der Waals surface area contributed by atoms with Gasteiger partial charge >= 0.3 is 12.1 Å². The van der Waals surface area contributed by atoms with E-state index in [4.69, 9.17) is 9.84 Å². The average Bonchev–Trinajstić information content (AvgIpc) is 2.67. The Balaban J connectivity index is 1.99. The zero-order valence-electron chi connectivity index (χ0n) is 16.9. The van der Waals surface area contributed by atoms with Gasteiger partial charge in [-0.25, -0.2) is 4.79 Å². The summed E-state index contributed by atoms with van der Waals surface area (Å²) in [5, 5.41) is 11.8. The SMILES string of the molecule is CC(C)[C@H](OCc1ccc(C(F)(F)F)cc1)C(=O)N[C@@H](C)c1ccc(C(=O)O)cc1. The predicted molar refractivity (Wildman–Crippen MR) is 105 cm³/mol. The first kappa shape index (κ1) is 23.4. The van der Waals surface area contributed by atoms with Crippen molar-refractivity contribution in [3.63, 3.8) is 0 Å². The highest BCUT2D eigenvalue weighted by Crippen LogP contribution is 2.29. The van der Waals surface area contributed by atoms with Crippen molar-refractivity contribution in [2.24, 2.45) is 5.92 Å². The van der Waals surface area contributed by atoms with Crippen LogP contribution >= 0.6 is 0 Å². The summed E-state index contributed by atoms with van der Waals surface area (Å²) in [6.45, 7) is 5.38. The van der Waals surface area contributed by atoms with E-state index < -0.39 is 23.8 Å². The number of carboxylic acids is 1. The molecule has 0 saturated carbocycles. The first-order valence-corrected chi connectivity index (χ1v) is 9.40. The first-order valence-electron chi connectivity index (χ1n) is 9.40. The van der Waals surface area contributed by atoms with Crippen molar-refractivity contribution in [1.82, 2.24) is 5.32 Å². The molecule has 0 aromatic heterocycles. The number of rotatable bonds is 8. The molecule has 0 saturated heterocycles. The zero-order valence-corrected chi connectivity index (χ0v) is 16.9. The Hall–Kier alpha value is -2.87. The third-order valence-corrected chi connectivity index (χ3v) is 4.59. The van der Waals surface area contributed by atoms with Crippen LogP contribution in [0.5, 0.6) is 0 Å². The van der Waals surface area contributed by atoms with Gasteiger partial charge in [0.1, 0.15) is 6.10 Å². The summed E-state index contributed by atoms with van der Waals surface area (Å²) in [4.78, 5) is 23.6. The maximum Gasteiger partial charge on any atom is 0.416 e. The van der Waals surface area contributed by atoms with Crippen LogP contribution in [0.15, 0.2) is 48.5 Å². The molecule has 8 heteroatoms. The molecular formula is C22H24F3NO4. The van der Waals surface area contributed by atoms with Crippen LogP contribution in [0.2, 0.25) is 0 Å². The highest BCUT2D eigenvalue weighted by Gasteiger charge is 2.30. The minimum absolute atomic E-state index is 0.00388. The fraction of sp³-hybridized carbons (Fsp3) is 0.364. The van der Waals surface area contributed by atoms with Crippen LogP contribution in [0.3, 0.4) is 0 Å². The summed E-state index contributed by atoms with van der Waals surface area (Å²) >= 11 is 0. The van der Waals surface area contributed by atoms with Crippen molar-refractivity contribution in [3.05, 3.63) is 70.8 Å². The highest BCUT2D eigenvalue weighted by molar-refractivity contribution is 5.87. The van der Waals surface area contributed by atoms with Gasteiger partial charge in [0.05, 0.1) is 23.8 Å². The molecule has 2 atom stereocenters. The lowest BCUT2D eigenvalue weighted by molar-refractivity contribution is -0.137. The zero-order chi connectivity index (χ0) is 22.5. The summed E-state index contributed by atoms with van der Waals surface area (Å²) in [6.07, 6.45) is -5.20. The van der Waals surface area contributed by atoms with Gasteiger partial charge in [-0.3, -0.25) is 4.79 Å². The van der Waals surface area contributed by atoms with Gasteiger partial charge < -0.3 is 15.2 Å². The summed E-state index contributed by atoms with van der Waals surface area (Å²) < 4.78 is 43.7. The summed E-state index contributed by atoms with van der Waals surface area (Å²) in [7, 11) is 0. The van der Waals surface area contributed by atoms with Gasteiger partial charge in [0.25, 0.3) is 0 Å². The molecule has 0 spiro atoms. The monoisotopic (exact) mass is 423 g/mol. The molecule has 0 aliphatic rings. The van der Waals surface area contributed by atoms with Crippen LogP contribution in [-0.4, -0.2) is 23.1 Å². The van der Waals surface area contributed by atoms with Gasteiger partial charge in [-0.2, -0.15) is 13.2 Å². The lowest BCUT2D eigenvalue weighted by Crippen LogP contribution is -2.40. The van der Waals surface area contributed by atoms with E-state index >= 15 is 0 Å². The molecule has 0 heterocycles. The Kier molecular flexibility index (Phi) is 7.61. The first-order chi connectivity index (χ1) is 14.0. The number of carboxylic acid groups (broad SMARTS) is 1. The standard InChI is InChI=1S/C22H24F3NO4/c1-13(2)19(30-12-15-4-10-18(11-5-15)22(23,24)25)20(27)26-14(3)16-6-8-17(9-7-16)21(28)29/h4-11,13-14,19H,12H2,1-3H3,(H,26,27)(H,28,29)/t14-,19-/m0/s1. The quantitative estimate of drug-likeness (QED) is 0.638. The number of hydrogen-bond donors (Lipinski definition) is 2. The van der Waals surface area contributed by atoms with Gasteiger partial charge in [0, 0.05) is 0 Å². The summed E-state index contributed by atoms with van der Waals surface area (Å²) in [6, 6.07) is 10.4. The molecule has 2 aromatic carbocycles. The third kappa shape index (κ3) is 6.32. The third-order valence-electron chi connectivity index (χ3n) is 4.59. The number of hydrogen-bond acceptors (Lipinski definition) is 3. The van der Waals surface area contributed by atoms with Gasteiger partial charge in [0.15, 0.2) is 0 Å². The Bertz CT molecular complexity index is 861. The molecule has 2 aromatic rings. The van der Waals surface area contributed by atoms with Crippen LogP contribution in [0.25, 0.3) is 0 Å². The number of carbonyl (C=O) groups is 2. The Morgan fingerprint density at radius 3 is 2.03 bits per heavy atom. The fourth-order valence-corrected chi connectivity index (χ4v) is 2.84. The fourth-order valence-electron chi connectivity index (χ4n) is 2.84. The Morgan fingerprint density at radius 1 is 1.00 bits per heavy atom. The van der Waals surface area contributed by atoms with Crippen molar-refractivity contribution in [2.45, 2.75) is 45.7 Å². The van der Waals surface area contributed by atoms with Crippen LogP contribution in [0.4, 0.5) is 13.2 Å². The average molecular weight is 423 g/mol. The van der Waals surface area contributed by atoms with Gasteiger partial charge in [-0.05, 0) is 48.2 Å². The van der Waals surface area contributed by atoms with E-state index in [1.165, 1.54) is 24.3 Å². The van der Waals surface area contributed by atoms with Crippen molar-refractivity contribution < 1.29 is 32.6 Å². The van der Waals surface area contributed by atoms with E-state index in [-0.39, 0.29) is 30.0 Å². The van der Waals surface area contributed by atoms with Gasteiger partial charge in [0.2, 0.25) is 5.91 Å². The molecule has 0 aliphatic heterocycles. The number of ether oxygens (including phenoxy) is 1. The number of aromatic carboxylic acids is 1.